The van der Waals surface area contributed by atoms with Crippen LogP contribution in [-0.2, 0) is 16.6 Å². The molecule has 0 radical (unpaired) electrons. The van der Waals surface area contributed by atoms with Crippen LogP contribution in [0.3, 0.4) is 0 Å². The van der Waals surface area contributed by atoms with Gasteiger partial charge in [0.1, 0.15) is 4.90 Å². The SMILES string of the molecule is Cc1cnc(NS(=O)(=O)c2ccc(Cl)c(CN)c2Cl)s1. The van der Waals surface area contributed by atoms with Gasteiger partial charge in [0.25, 0.3) is 10.0 Å². The molecule has 5 nitrogen and oxygen atoms in total. The summed E-state index contributed by atoms with van der Waals surface area (Å²) in [7, 11) is -3.83. The summed E-state index contributed by atoms with van der Waals surface area (Å²) in [5, 5.41) is 0.644. The van der Waals surface area contributed by atoms with Crippen LogP contribution in [0, 0.1) is 6.92 Å². The molecule has 9 heteroatoms. The van der Waals surface area contributed by atoms with Crippen molar-refractivity contribution in [3.05, 3.63) is 38.8 Å². The van der Waals surface area contributed by atoms with Crippen molar-refractivity contribution in [2.24, 2.45) is 5.73 Å². The first-order chi connectivity index (χ1) is 9.35. The maximum Gasteiger partial charge on any atom is 0.265 e. The Labute approximate surface area is 130 Å². The smallest absolute Gasteiger partial charge is 0.265 e. The van der Waals surface area contributed by atoms with Crippen molar-refractivity contribution in [2.45, 2.75) is 18.4 Å². The number of aryl methyl sites for hydroxylation is 1. The lowest BCUT2D eigenvalue weighted by molar-refractivity contribution is 0.601. The fourth-order valence-electron chi connectivity index (χ4n) is 1.54. The third-order valence-electron chi connectivity index (χ3n) is 2.49. The third kappa shape index (κ3) is 3.07. The van der Waals surface area contributed by atoms with Crippen LogP contribution < -0.4 is 10.5 Å². The summed E-state index contributed by atoms with van der Waals surface area (Å²) in [6.07, 6.45) is 1.58. The second-order valence-corrected chi connectivity index (χ2v) is 7.59. The molecule has 20 heavy (non-hydrogen) atoms. The number of nitrogens with zero attached hydrogens (tertiary/aromatic N) is 1. The van der Waals surface area contributed by atoms with E-state index in [1.165, 1.54) is 23.5 Å². The van der Waals surface area contributed by atoms with Gasteiger partial charge in [-0.1, -0.05) is 23.2 Å². The van der Waals surface area contributed by atoms with E-state index in [0.29, 0.717) is 10.6 Å². The maximum absolute atomic E-state index is 12.3. The lowest BCUT2D eigenvalue weighted by Gasteiger charge is -2.11. The van der Waals surface area contributed by atoms with Gasteiger partial charge in [0.05, 0.1) is 5.02 Å². The molecule has 0 aliphatic rings. The Balaban J connectivity index is 2.44. The van der Waals surface area contributed by atoms with Crippen molar-refractivity contribution in [1.29, 1.82) is 0 Å². The maximum atomic E-state index is 12.3. The van der Waals surface area contributed by atoms with Gasteiger partial charge in [-0.25, -0.2) is 13.4 Å². The fourth-order valence-corrected chi connectivity index (χ4v) is 4.38. The number of thiazole rings is 1. The van der Waals surface area contributed by atoms with Gasteiger partial charge in [-0.15, -0.1) is 11.3 Å². The van der Waals surface area contributed by atoms with Crippen molar-refractivity contribution in [1.82, 2.24) is 4.98 Å². The average molecular weight is 352 g/mol. The monoisotopic (exact) mass is 351 g/mol. The van der Waals surface area contributed by atoms with Crippen LogP contribution >= 0.6 is 34.5 Å². The lowest BCUT2D eigenvalue weighted by atomic mass is 10.2. The van der Waals surface area contributed by atoms with E-state index in [0.717, 1.165) is 4.88 Å². The van der Waals surface area contributed by atoms with Crippen molar-refractivity contribution in [3.63, 3.8) is 0 Å². The summed E-state index contributed by atoms with van der Waals surface area (Å²) < 4.78 is 27.0. The molecular weight excluding hydrogens is 341 g/mol. The molecule has 2 rings (SSSR count). The standard InChI is InChI=1S/C11H11Cl2N3O2S2/c1-6-5-15-11(19-6)16-20(17,18)9-3-2-8(12)7(4-14)10(9)13/h2-3,5H,4,14H2,1H3,(H,15,16). The molecule has 1 aromatic carbocycles. The first-order valence-electron chi connectivity index (χ1n) is 5.47. The van der Waals surface area contributed by atoms with E-state index in [4.69, 9.17) is 28.9 Å². The minimum Gasteiger partial charge on any atom is -0.326 e. The summed E-state index contributed by atoms with van der Waals surface area (Å²) in [6.45, 7) is 1.88. The molecule has 0 spiro atoms. The van der Waals surface area contributed by atoms with Crippen LogP contribution in [0.15, 0.2) is 23.2 Å². The van der Waals surface area contributed by atoms with Gasteiger partial charge in [0, 0.05) is 28.2 Å². The van der Waals surface area contributed by atoms with E-state index in [1.54, 1.807) is 6.20 Å². The Morgan fingerprint density at radius 1 is 1.40 bits per heavy atom. The number of aromatic nitrogens is 1. The van der Waals surface area contributed by atoms with Crippen molar-refractivity contribution < 1.29 is 8.42 Å². The number of sulfonamides is 1. The first-order valence-corrected chi connectivity index (χ1v) is 8.53. The second kappa shape index (κ2) is 5.87. The molecule has 0 unspecified atom stereocenters. The summed E-state index contributed by atoms with van der Waals surface area (Å²) in [6, 6.07) is 2.80. The molecule has 0 amide bonds. The normalized spacial score (nSPS) is 11.6. The molecule has 108 valence electrons. The second-order valence-electron chi connectivity index (χ2n) is 3.92. The minimum absolute atomic E-state index is 0.0285. The molecule has 2 aromatic rings. The number of rotatable bonds is 4. The van der Waals surface area contributed by atoms with Crippen LogP contribution in [0.4, 0.5) is 5.13 Å². The minimum atomic E-state index is -3.83. The van der Waals surface area contributed by atoms with E-state index in [1.807, 2.05) is 6.92 Å². The summed E-state index contributed by atoms with van der Waals surface area (Å²) >= 11 is 13.2. The highest BCUT2D eigenvalue weighted by molar-refractivity contribution is 7.93. The van der Waals surface area contributed by atoms with Gasteiger partial charge >= 0.3 is 0 Å². The molecule has 0 saturated carbocycles. The molecular formula is C11H11Cl2N3O2S2. The van der Waals surface area contributed by atoms with Crippen molar-refractivity contribution in [2.75, 3.05) is 4.72 Å². The number of benzene rings is 1. The highest BCUT2D eigenvalue weighted by Gasteiger charge is 2.22. The van der Waals surface area contributed by atoms with Crippen LogP contribution in [0.5, 0.6) is 0 Å². The highest BCUT2D eigenvalue weighted by Crippen LogP contribution is 2.32. The number of anilines is 1. The molecule has 3 N–H and O–H groups in total. The summed E-state index contributed by atoms with van der Waals surface area (Å²) in [5.74, 6) is 0. The Kier molecular flexibility index (Phi) is 4.55. The Bertz CT molecular complexity index is 744. The van der Waals surface area contributed by atoms with Crippen molar-refractivity contribution >= 4 is 49.7 Å². The van der Waals surface area contributed by atoms with Gasteiger partial charge < -0.3 is 5.73 Å². The Hall–Kier alpha value is -0.860. The van der Waals surface area contributed by atoms with Gasteiger partial charge in [0.15, 0.2) is 5.13 Å². The number of nitrogens with one attached hydrogen (secondary N) is 1. The zero-order chi connectivity index (χ0) is 14.9. The number of hydrogen-bond donors (Lipinski definition) is 2. The van der Waals surface area contributed by atoms with E-state index in [9.17, 15) is 8.42 Å². The van der Waals surface area contributed by atoms with Crippen LogP contribution in [-0.4, -0.2) is 13.4 Å². The number of halogens is 2. The molecule has 0 atom stereocenters. The largest absolute Gasteiger partial charge is 0.326 e. The Morgan fingerprint density at radius 2 is 2.10 bits per heavy atom. The molecule has 1 aromatic heterocycles. The van der Waals surface area contributed by atoms with E-state index < -0.39 is 10.0 Å². The predicted octanol–water partition coefficient (Wildman–Crippen LogP) is 3.02. The van der Waals surface area contributed by atoms with Crippen LogP contribution in [0.2, 0.25) is 10.0 Å². The lowest BCUT2D eigenvalue weighted by Crippen LogP contribution is -2.14. The fraction of sp³-hybridized carbons (Fsp3) is 0.182. The molecule has 0 aliphatic heterocycles. The number of nitrogens with two attached hydrogens (primary N) is 1. The van der Waals surface area contributed by atoms with E-state index in [2.05, 4.69) is 9.71 Å². The van der Waals surface area contributed by atoms with E-state index in [-0.39, 0.29) is 21.6 Å². The highest BCUT2D eigenvalue weighted by atomic mass is 35.5. The zero-order valence-electron chi connectivity index (χ0n) is 10.4. The summed E-state index contributed by atoms with van der Waals surface area (Å²) in [4.78, 5) is 4.77. The molecule has 0 bridgehead atoms. The zero-order valence-corrected chi connectivity index (χ0v) is 13.5. The molecule has 1 heterocycles. The van der Waals surface area contributed by atoms with Gasteiger partial charge in [-0.05, 0) is 19.1 Å². The first kappa shape index (κ1) is 15.5. The quantitative estimate of drug-likeness (QED) is 0.886. The topological polar surface area (TPSA) is 85.1 Å². The molecule has 0 fully saturated rings. The van der Waals surface area contributed by atoms with Gasteiger partial charge in [-0.2, -0.15) is 0 Å². The van der Waals surface area contributed by atoms with Gasteiger partial charge in [0.2, 0.25) is 0 Å². The van der Waals surface area contributed by atoms with Crippen LogP contribution in [0.25, 0.3) is 0 Å². The van der Waals surface area contributed by atoms with E-state index >= 15 is 0 Å². The van der Waals surface area contributed by atoms with Gasteiger partial charge in [-0.3, -0.25) is 4.72 Å². The predicted molar refractivity (Wildman–Crippen MR) is 82.0 cm³/mol. The Morgan fingerprint density at radius 3 is 2.65 bits per heavy atom. The molecule has 0 saturated heterocycles. The average Bonchev–Trinajstić information content (AvgIpc) is 2.74. The molecule has 0 aliphatic carbocycles. The third-order valence-corrected chi connectivity index (χ3v) is 5.72. The summed E-state index contributed by atoms with van der Waals surface area (Å²) in [5.41, 5.74) is 5.92. The number of hydrogen-bond acceptors (Lipinski definition) is 5. The van der Waals surface area contributed by atoms with Crippen molar-refractivity contribution in [3.8, 4) is 0 Å². The van der Waals surface area contributed by atoms with Crippen LogP contribution in [0.1, 0.15) is 10.4 Å².